The molecular weight excluding hydrogens is 208 g/mol. The molecule has 15 heavy (non-hydrogen) atoms. The van der Waals surface area contributed by atoms with Crippen LogP contribution >= 0.6 is 0 Å². The molecule has 0 rings (SSSR count). The zero-order chi connectivity index (χ0) is 12.2. The Hall–Kier alpha value is -1.02. The van der Waals surface area contributed by atoms with Gasteiger partial charge in [0, 0.05) is 0 Å². The molecule has 4 atom stereocenters. The van der Waals surface area contributed by atoms with Gasteiger partial charge in [-0.05, 0) is 6.92 Å². The lowest BCUT2D eigenvalue weighted by Crippen LogP contribution is -2.49. The fourth-order valence-corrected chi connectivity index (χ4v) is 0.874. The van der Waals surface area contributed by atoms with Crippen LogP contribution in [0.1, 0.15) is 6.92 Å². The molecule has 0 aromatic carbocycles. The third kappa shape index (κ3) is 3.56. The van der Waals surface area contributed by atoms with Gasteiger partial charge in [-0.15, -0.1) is 0 Å². The third-order valence-electron chi connectivity index (χ3n) is 1.86. The van der Waals surface area contributed by atoms with Crippen LogP contribution in [-0.4, -0.2) is 63.7 Å². The average molecular weight is 222 g/mol. The molecule has 4 N–H and O–H groups in total. The van der Waals surface area contributed by atoms with E-state index in [1.54, 1.807) is 0 Å². The predicted octanol–water partition coefficient (Wildman–Crippen LogP) is -2.81. The summed E-state index contributed by atoms with van der Waals surface area (Å²) >= 11 is 0. The number of hydrogen-bond donors (Lipinski definition) is 4. The van der Waals surface area contributed by atoms with Crippen molar-refractivity contribution in [3.8, 4) is 0 Å². The number of hydrogen-bond acceptors (Lipinski definition) is 7. The predicted molar refractivity (Wildman–Crippen MR) is 46.7 cm³/mol. The van der Waals surface area contributed by atoms with Crippen LogP contribution in [0.15, 0.2) is 0 Å². The van der Waals surface area contributed by atoms with Gasteiger partial charge in [0.2, 0.25) is 0 Å². The normalized spacial score (nSPS) is 18.8. The van der Waals surface area contributed by atoms with Crippen molar-refractivity contribution in [1.29, 1.82) is 0 Å². The van der Waals surface area contributed by atoms with Crippen molar-refractivity contribution < 1.29 is 34.8 Å². The molecule has 0 aliphatic heterocycles. The molecule has 0 aromatic heterocycles. The highest BCUT2D eigenvalue weighted by Crippen LogP contribution is 2.07. The minimum Gasteiger partial charge on any atom is -0.467 e. The fraction of sp³-hybridized carbons (Fsp3) is 0.750. The Labute approximate surface area is 85.9 Å². The maximum absolute atomic E-state index is 10.7. The monoisotopic (exact) mass is 222 g/mol. The van der Waals surface area contributed by atoms with Crippen molar-refractivity contribution >= 4 is 11.8 Å². The minimum absolute atomic E-state index is 0.793. The molecule has 0 amide bonds. The van der Waals surface area contributed by atoms with Crippen molar-refractivity contribution in [3.63, 3.8) is 0 Å². The van der Waals surface area contributed by atoms with E-state index in [1.807, 2.05) is 0 Å². The van der Waals surface area contributed by atoms with Crippen LogP contribution < -0.4 is 0 Å². The van der Waals surface area contributed by atoms with Gasteiger partial charge < -0.3 is 25.2 Å². The van der Waals surface area contributed by atoms with Crippen LogP contribution in [0.3, 0.4) is 0 Å². The number of Topliss-reactive ketones (excluding diaryl/α,β-unsaturated/α-hetero) is 1. The van der Waals surface area contributed by atoms with E-state index in [0.717, 1.165) is 14.0 Å². The van der Waals surface area contributed by atoms with Crippen molar-refractivity contribution in [2.45, 2.75) is 31.3 Å². The summed E-state index contributed by atoms with van der Waals surface area (Å²) < 4.78 is 4.10. The van der Waals surface area contributed by atoms with Crippen molar-refractivity contribution in [3.05, 3.63) is 0 Å². The molecule has 7 heteroatoms. The number of rotatable bonds is 5. The molecule has 0 aliphatic rings. The summed E-state index contributed by atoms with van der Waals surface area (Å²) in [6, 6.07) is 0. The van der Waals surface area contributed by atoms with Crippen molar-refractivity contribution in [1.82, 2.24) is 0 Å². The van der Waals surface area contributed by atoms with E-state index in [9.17, 15) is 19.8 Å². The molecular formula is C8H14O7. The SMILES string of the molecule is COC(=O)C(O)C(O)C(O)C(O)C(C)=O. The molecule has 0 bridgehead atoms. The molecule has 0 aromatic rings. The molecule has 0 radical (unpaired) electrons. The Balaban J connectivity index is 4.49. The minimum atomic E-state index is -2.01. The van der Waals surface area contributed by atoms with Gasteiger partial charge in [-0.1, -0.05) is 0 Å². The number of carbonyl (C=O) groups is 2. The van der Waals surface area contributed by atoms with E-state index in [2.05, 4.69) is 4.74 Å². The number of ketones is 1. The third-order valence-corrected chi connectivity index (χ3v) is 1.86. The lowest BCUT2D eigenvalue weighted by Gasteiger charge is -2.23. The topological polar surface area (TPSA) is 124 Å². The van der Waals surface area contributed by atoms with Gasteiger partial charge in [-0.3, -0.25) is 4.79 Å². The van der Waals surface area contributed by atoms with Crippen LogP contribution in [0.2, 0.25) is 0 Å². The van der Waals surface area contributed by atoms with Gasteiger partial charge >= 0.3 is 5.97 Å². The quantitative estimate of drug-likeness (QED) is 0.370. The molecule has 0 fully saturated rings. The lowest BCUT2D eigenvalue weighted by molar-refractivity contribution is -0.168. The highest BCUT2D eigenvalue weighted by atomic mass is 16.5. The maximum Gasteiger partial charge on any atom is 0.337 e. The summed E-state index contributed by atoms with van der Waals surface area (Å²) in [5.41, 5.74) is 0. The highest BCUT2D eigenvalue weighted by molar-refractivity contribution is 5.81. The van der Waals surface area contributed by atoms with Gasteiger partial charge in [-0.25, -0.2) is 4.79 Å². The van der Waals surface area contributed by atoms with Gasteiger partial charge in [0.1, 0.15) is 18.3 Å². The highest BCUT2D eigenvalue weighted by Gasteiger charge is 2.36. The summed E-state index contributed by atoms with van der Waals surface area (Å²) in [5, 5.41) is 36.5. The second-order valence-corrected chi connectivity index (χ2v) is 3.00. The Kier molecular flexibility index (Phi) is 5.37. The van der Waals surface area contributed by atoms with E-state index in [-0.39, 0.29) is 0 Å². The summed E-state index contributed by atoms with van der Waals surface area (Å²) in [4.78, 5) is 21.4. The van der Waals surface area contributed by atoms with Crippen LogP contribution in [0.5, 0.6) is 0 Å². The first kappa shape index (κ1) is 14.0. The maximum atomic E-state index is 10.7. The summed E-state index contributed by atoms with van der Waals surface area (Å²) in [6.45, 7) is 0.991. The van der Waals surface area contributed by atoms with E-state index < -0.39 is 36.2 Å². The molecule has 0 saturated carbocycles. The summed E-state index contributed by atoms with van der Waals surface area (Å²) in [7, 11) is 0.978. The van der Waals surface area contributed by atoms with E-state index in [0.29, 0.717) is 0 Å². The van der Waals surface area contributed by atoms with Crippen molar-refractivity contribution in [2.24, 2.45) is 0 Å². The summed E-state index contributed by atoms with van der Waals surface area (Å²) in [6.07, 6.45) is -7.81. The van der Waals surface area contributed by atoms with E-state index in [1.165, 1.54) is 0 Å². The number of aliphatic hydroxyl groups is 4. The second-order valence-electron chi connectivity index (χ2n) is 3.00. The fourth-order valence-electron chi connectivity index (χ4n) is 0.874. The lowest BCUT2D eigenvalue weighted by atomic mass is 10.0. The summed E-state index contributed by atoms with van der Waals surface area (Å²) in [5.74, 6) is -1.96. The molecule has 88 valence electrons. The van der Waals surface area contributed by atoms with E-state index in [4.69, 9.17) is 10.2 Å². The molecule has 0 heterocycles. The Morgan fingerprint density at radius 2 is 1.40 bits per heavy atom. The Morgan fingerprint density at radius 1 is 1.00 bits per heavy atom. The zero-order valence-corrected chi connectivity index (χ0v) is 8.32. The van der Waals surface area contributed by atoms with Crippen LogP contribution in [-0.2, 0) is 14.3 Å². The van der Waals surface area contributed by atoms with Crippen LogP contribution in [0.25, 0.3) is 0 Å². The molecule has 0 aliphatic carbocycles. The zero-order valence-electron chi connectivity index (χ0n) is 8.32. The smallest absolute Gasteiger partial charge is 0.337 e. The number of methoxy groups -OCH3 is 1. The number of esters is 1. The average Bonchev–Trinajstić information content (AvgIpc) is 2.23. The van der Waals surface area contributed by atoms with E-state index >= 15 is 0 Å². The molecule has 0 spiro atoms. The molecule has 0 saturated heterocycles. The first-order valence-corrected chi connectivity index (χ1v) is 4.13. The first-order valence-electron chi connectivity index (χ1n) is 4.13. The number of aliphatic hydroxyl groups excluding tert-OH is 4. The van der Waals surface area contributed by atoms with Crippen LogP contribution in [0, 0.1) is 0 Å². The first-order chi connectivity index (χ1) is 6.82. The number of carbonyl (C=O) groups excluding carboxylic acids is 2. The van der Waals surface area contributed by atoms with Gasteiger partial charge in [0.25, 0.3) is 0 Å². The second kappa shape index (κ2) is 5.76. The van der Waals surface area contributed by atoms with Crippen LogP contribution in [0.4, 0.5) is 0 Å². The molecule has 4 unspecified atom stereocenters. The van der Waals surface area contributed by atoms with Crippen molar-refractivity contribution in [2.75, 3.05) is 7.11 Å². The van der Waals surface area contributed by atoms with Gasteiger partial charge in [0.15, 0.2) is 11.9 Å². The molecule has 7 nitrogen and oxygen atoms in total. The Bertz CT molecular complexity index is 239. The number of ether oxygens (including phenoxy) is 1. The Morgan fingerprint density at radius 3 is 1.73 bits per heavy atom. The van der Waals surface area contributed by atoms with Gasteiger partial charge in [0.05, 0.1) is 7.11 Å². The standard InChI is InChI=1S/C8H14O7/c1-3(9)4(10)5(11)6(12)7(13)8(14)15-2/h4-7,10-13H,1-2H3. The largest absolute Gasteiger partial charge is 0.467 e. The van der Waals surface area contributed by atoms with Gasteiger partial charge in [-0.2, -0.15) is 0 Å².